The van der Waals surface area contributed by atoms with Crippen molar-refractivity contribution in [3.63, 3.8) is 0 Å². The summed E-state index contributed by atoms with van der Waals surface area (Å²) in [6.07, 6.45) is 2.83. The third-order valence-electron chi connectivity index (χ3n) is 3.66. The Kier molecular flexibility index (Phi) is 4.03. The zero-order valence-corrected chi connectivity index (χ0v) is 12.2. The molecule has 1 N–H and O–H groups in total. The molecule has 0 fully saturated rings. The van der Waals surface area contributed by atoms with Crippen LogP contribution in [0.2, 0.25) is 0 Å². The minimum atomic E-state index is -0.104. The van der Waals surface area contributed by atoms with Gasteiger partial charge in [-0.3, -0.25) is 4.98 Å². The summed E-state index contributed by atoms with van der Waals surface area (Å²) in [6, 6.07) is 9.57. The van der Waals surface area contributed by atoms with Gasteiger partial charge in [0.1, 0.15) is 5.82 Å². The van der Waals surface area contributed by atoms with E-state index in [1.54, 1.807) is 17.8 Å². The van der Waals surface area contributed by atoms with Crippen LogP contribution in [0, 0.1) is 12.7 Å². The maximum atomic E-state index is 13.8. The summed E-state index contributed by atoms with van der Waals surface area (Å²) in [4.78, 5) is 5.19. The fourth-order valence-electron chi connectivity index (χ4n) is 2.52. The molecule has 0 aliphatic carbocycles. The molecule has 2 heterocycles. The predicted octanol–water partition coefficient (Wildman–Crippen LogP) is 3.86. The van der Waals surface area contributed by atoms with Crippen LogP contribution >= 0.6 is 11.8 Å². The van der Waals surface area contributed by atoms with E-state index in [-0.39, 0.29) is 11.9 Å². The Morgan fingerprint density at radius 2 is 2.25 bits per heavy atom. The molecule has 1 aromatic carbocycles. The molecule has 1 aromatic heterocycles. The quantitative estimate of drug-likeness (QED) is 0.928. The molecule has 3 rings (SSSR count). The van der Waals surface area contributed by atoms with Gasteiger partial charge in [0.2, 0.25) is 0 Å². The van der Waals surface area contributed by atoms with Crippen LogP contribution in [0.1, 0.15) is 29.3 Å². The zero-order chi connectivity index (χ0) is 13.9. The molecule has 1 aliphatic rings. The number of aryl methyl sites for hydroxylation is 1. The lowest BCUT2D eigenvalue weighted by Crippen LogP contribution is -2.25. The highest BCUT2D eigenvalue weighted by molar-refractivity contribution is 7.99. The highest BCUT2D eigenvalue weighted by Crippen LogP contribution is 2.37. The summed E-state index contributed by atoms with van der Waals surface area (Å²) in [5, 5.41) is 3.52. The van der Waals surface area contributed by atoms with Gasteiger partial charge in [0.25, 0.3) is 0 Å². The number of nitrogens with one attached hydrogen (secondary N) is 1. The van der Waals surface area contributed by atoms with Gasteiger partial charge in [-0.1, -0.05) is 18.2 Å². The molecule has 0 amide bonds. The van der Waals surface area contributed by atoms with Crippen molar-refractivity contribution in [1.29, 1.82) is 0 Å². The molecule has 0 saturated heterocycles. The maximum Gasteiger partial charge on any atom is 0.137 e. The summed E-state index contributed by atoms with van der Waals surface area (Å²) in [5.74, 6) is 0.848. The Balaban J connectivity index is 1.77. The molecule has 1 aliphatic heterocycles. The van der Waals surface area contributed by atoms with E-state index in [4.69, 9.17) is 0 Å². The first kappa shape index (κ1) is 13.6. The lowest BCUT2D eigenvalue weighted by molar-refractivity contribution is 0.492. The lowest BCUT2D eigenvalue weighted by atomic mass is 10.0. The molecular formula is C16H17FN2S. The second-order valence-electron chi connectivity index (χ2n) is 5.00. The van der Waals surface area contributed by atoms with Crippen molar-refractivity contribution in [2.24, 2.45) is 0 Å². The van der Waals surface area contributed by atoms with Gasteiger partial charge >= 0.3 is 0 Å². The van der Waals surface area contributed by atoms with Crippen LogP contribution in [0.3, 0.4) is 0 Å². The fraction of sp³-hybridized carbons (Fsp3) is 0.312. The topological polar surface area (TPSA) is 24.9 Å². The SMILES string of the molecule is Cc1cccnc1CNC1CCSc2c(F)cccc21. The molecule has 0 saturated carbocycles. The second-order valence-corrected chi connectivity index (χ2v) is 6.10. The molecule has 20 heavy (non-hydrogen) atoms. The number of aromatic nitrogens is 1. The average Bonchev–Trinajstić information content (AvgIpc) is 2.47. The standard InChI is InChI=1S/C16H17FN2S/c1-11-4-3-8-18-15(11)10-19-14-7-9-20-16-12(14)5-2-6-13(16)17/h2-6,8,14,19H,7,9-10H2,1H3. The molecular weight excluding hydrogens is 271 g/mol. The number of nitrogens with zero attached hydrogens (tertiary/aromatic N) is 1. The van der Waals surface area contributed by atoms with Crippen LogP contribution in [-0.4, -0.2) is 10.7 Å². The van der Waals surface area contributed by atoms with Crippen LogP contribution in [0.4, 0.5) is 4.39 Å². The van der Waals surface area contributed by atoms with Gasteiger partial charge in [-0.15, -0.1) is 11.8 Å². The monoisotopic (exact) mass is 288 g/mol. The molecule has 1 unspecified atom stereocenters. The first-order valence-electron chi connectivity index (χ1n) is 6.81. The Morgan fingerprint density at radius 1 is 1.35 bits per heavy atom. The van der Waals surface area contributed by atoms with Gasteiger partial charge in [-0.05, 0) is 42.4 Å². The summed E-state index contributed by atoms with van der Waals surface area (Å²) < 4.78 is 13.8. The molecule has 0 bridgehead atoms. The van der Waals surface area contributed by atoms with Gasteiger partial charge in [0.05, 0.1) is 5.69 Å². The number of rotatable bonds is 3. The second kappa shape index (κ2) is 5.94. The normalized spacial score (nSPS) is 17.8. The van der Waals surface area contributed by atoms with Gasteiger partial charge in [0.15, 0.2) is 0 Å². The third kappa shape index (κ3) is 2.72. The van der Waals surface area contributed by atoms with E-state index in [1.807, 2.05) is 18.3 Å². The molecule has 0 spiro atoms. The van der Waals surface area contributed by atoms with Crippen molar-refractivity contribution in [1.82, 2.24) is 10.3 Å². The largest absolute Gasteiger partial charge is 0.304 e. The van der Waals surface area contributed by atoms with E-state index in [2.05, 4.69) is 23.3 Å². The van der Waals surface area contributed by atoms with Gasteiger partial charge in [0, 0.05) is 23.7 Å². The van der Waals surface area contributed by atoms with Crippen molar-refractivity contribution in [3.05, 3.63) is 59.2 Å². The van der Waals surface area contributed by atoms with Crippen molar-refractivity contribution < 1.29 is 4.39 Å². The number of fused-ring (bicyclic) bond motifs is 1. The summed E-state index contributed by atoms with van der Waals surface area (Å²) >= 11 is 1.61. The highest BCUT2D eigenvalue weighted by Gasteiger charge is 2.22. The summed E-state index contributed by atoms with van der Waals surface area (Å²) in [5.41, 5.74) is 3.32. The molecule has 2 aromatic rings. The molecule has 2 nitrogen and oxygen atoms in total. The number of hydrogen-bond acceptors (Lipinski definition) is 3. The number of hydrogen-bond donors (Lipinski definition) is 1. The predicted molar refractivity (Wildman–Crippen MR) is 80.3 cm³/mol. The van der Waals surface area contributed by atoms with E-state index in [0.29, 0.717) is 0 Å². The van der Waals surface area contributed by atoms with Crippen LogP contribution < -0.4 is 5.32 Å². The Bertz CT molecular complexity index is 615. The maximum absolute atomic E-state index is 13.8. The highest BCUT2D eigenvalue weighted by atomic mass is 32.2. The zero-order valence-electron chi connectivity index (χ0n) is 11.4. The lowest BCUT2D eigenvalue weighted by Gasteiger charge is -2.26. The summed E-state index contributed by atoms with van der Waals surface area (Å²) in [7, 11) is 0. The summed E-state index contributed by atoms with van der Waals surface area (Å²) in [6.45, 7) is 2.78. The van der Waals surface area contributed by atoms with Crippen LogP contribution in [0.15, 0.2) is 41.4 Å². The van der Waals surface area contributed by atoms with Crippen LogP contribution in [-0.2, 0) is 6.54 Å². The number of halogens is 1. The number of thioether (sulfide) groups is 1. The number of benzene rings is 1. The first-order chi connectivity index (χ1) is 9.75. The minimum Gasteiger partial charge on any atom is -0.304 e. The Hall–Kier alpha value is -1.39. The van der Waals surface area contributed by atoms with Gasteiger partial charge in [-0.25, -0.2) is 4.39 Å². The molecule has 1 atom stereocenters. The van der Waals surface area contributed by atoms with Crippen LogP contribution in [0.25, 0.3) is 0 Å². The first-order valence-corrected chi connectivity index (χ1v) is 7.79. The van der Waals surface area contributed by atoms with Crippen molar-refractivity contribution in [3.8, 4) is 0 Å². The van der Waals surface area contributed by atoms with Crippen LogP contribution in [0.5, 0.6) is 0 Å². The van der Waals surface area contributed by atoms with E-state index in [0.717, 1.165) is 34.9 Å². The fourth-order valence-corrected chi connectivity index (χ4v) is 3.66. The van der Waals surface area contributed by atoms with Gasteiger partial charge < -0.3 is 5.32 Å². The van der Waals surface area contributed by atoms with Gasteiger partial charge in [-0.2, -0.15) is 0 Å². The van der Waals surface area contributed by atoms with Crippen molar-refractivity contribution in [2.45, 2.75) is 30.8 Å². The van der Waals surface area contributed by atoms with Crippen molar-refractivity contribution >= 4 is 11.8 Å². The minimum absolute atomic E-state index is 0.104. The van der Waals surface area contributed by atoms with E-state index < -0.39 is 0 Å². The van der Waals surface area contributed by atoms with E-state index >= 15 is 0 Å². The average molecular weight is 288 g/mol. The molecule has 104 valence electrons. The smallest absolute Gasteiger partial charge is 0.137 e. The Labute approximate surface area is 122 Å². The van der Waals surface area contributed by atoms with E-state index in [9.17, 15) is 4.39 Å². The van der Waals surface area contributed by atoms with Crippen molar-refractivity contribution in [2.75, 3.05) is 5.75 Å². The Morgan fingerprint density at radius 3 is 3.10 bits per heavy atom. The molecule has 0 radical (unpaired) electrons. The molecule has 4 heteroatoms. The third-order valence-corrected chi connectivity index (χ3v) is 4.82. The van der Waals surface area contributed by atoms with E-state index in [1.165, 1.54) is 11.6 Å². The number of pyridine rings is 1.